The summed E-state index contributed by atoms with van der Waals surface area (Å²) in [7, 11) is 1.63. The Balaban J connectivity index is 1.56. The van der Waals surface area contributed by atoms with Crippen LogP contribution >= 0.6 is 0 Å². The molecule has 0 saturated heterocycles. The summed E-state index contributed by atoms with van der Waals surface area (Å²) in [5, 5.41) is 2.91. The first-order valence-corrected chi connectivity index (χ1v) is 9.15. The Morgan fingerprint density at radius 1 is 1.44 bits per heavy atom. The average molecular weight is 371 g/mol. The molecule has 27 heavy (non-hydrogen) atoms. The molecule has 0 aliphatic carbocycles. The van der Waals surface area contributed by atoms with Crippen LogP contribution in [-0.2, 0) is 24.1 Å². The Morgan fingerprint density at radius 3 is 2.96 bits per heavy atom. The maximum atomic E-state index is 12.3. The second-order valence-corrected chi connectivity index (χ2v) is 6.77. The Bertz CT molecular complexity index is 891. The van der Waals surface area contributed by atoms with Crippen molar-refractivity contribution >= 4 is 5.91 Å². The van der Waals surface area contributed by atoms with E-state index in [1.54, 1.807) is 14.0 Å². The Labute approximate surface area is 158 Å². The molecule has 0 spiro atoms. The fraction of sp³-hybridized carbons (Fsp3) is 0.450. The minimum Gasteiger partial charge on any atom is -0.497 e. The second kappa shape index (κ2) is 8.24. The van der Waals surface area contributed by atoms with Crippen molar-refractivity contribution in [2.75, 3.05) is 20.3 Å². The lowest BCUT2D eigenvalue weighted by atomic mass is 9.96. The molecule has 1 aromatic carbocycles. The zero-order chi connectivity index (χ0) is 19.4. The van der Waals surface area contributed by atoms with Gasteiger partial charge in [0.2, 0.25) is 5.91 Å². The van der Waals surface area contributed by atoms with Gasteiger partial charge in [0.15, 0.2) is 0 Å². The number of hydrogen-bond donors (Lipinski definition) is 2. The number of methoxy groups -OCH3 is 1. The normalized spacial score (nSPS) is 15.6. The number of carbonyl (C=O) groups excluding carboxylic acids is 1. The molecule has 3 rings (SSSR count). The lowest BCUT2D eigenvalue weighted by Gasteiger charge is -2.25. The van der Waals surface area contributed by atoms with E-state index < -0.39 is 0 Å². The monoisotopic (exact) mass is 371 g/mol. The molecule has 7 nitrogen and oxygen atoms in total. The SMILES string of the molecule is CCc1nc(C)c(CC(=O)NCC2COc3cc(OC)ccc3C2)c(=O)[nH]1. The molecule has 1 aliphatic rings. The second-order valence-electron chi connectivity index (χ2n) is 6.77. The third kappa shape index (κ3) is 4.48. The zero-order valence-corrected chi connectivity index (χ0v) is 15.9. The van der Waals surface area contributed by atoms with Crippen molar-refractivity contribution in [1.29, 1.82) is 0 Å². The maximum Gasteiger partial charge on any atom is 0.254 e. The molecule has 2 aromatic rings. The summed E-state index contributed by atoms with van der Waals surface area (Å²) < 4.78 is 11.0. The van der Waals surface area contributed by atoms with E-state index in [4.69, 9.17) is 9.47 Å². The number of nitrogens with zero attached hydrogens (tertiary/aromatic N) is 1. The summed E-state index contributed by atoms with van der Waals surface area (Å²) in [4.78, 5) is 31.5. The van der Waals surface area contributed by atoms with Crippen LogP contribution in [0.15, 0.2) is 23.0 Å². The number of carbonyl (C=O) groups is 1. The number of aromatic amines is 1. The summed E-state index contributed by atoms with van der Waals surface area (Å²) >= 11 is 0. The largest absolute Gasteiger partial charge is 0.497 e. The molecule has 1 amide bonds. The van der Waals surface area contributed by atoms with Crippen LogP contribution in [0.4, 0.5) is 0 Å². The highest BCUT2D eigenvalue weighted by atomic mass is 16.5. The topological polar surface area (TPSA) is 93.3 Å². The van der Waals surface area contributed by atoms with Gasteiger partial charge < -0.3 is 19.8 Å². The van der Waals surface area contributed by atoms with Crippen LogP contribution in [0.25, 0.3) is 0 Å². The van der Waals surface area contributed by atoms with Crippen molar-refractivity contribution in [3.05, 3.63) is 51.2 Å². The predicted octanol–water partition coefficient (Wildman–Crippen LogP) is 1.56. The standard InChI is InChI=1S/C20H25N3O4/c1-4-18-22-12(2)16(20(25)23-18)9-19(24)21-10-13-7-14-5-6-15(26-3)8-17(14)27-11-13/h5-6,8,13H,4,7,9-11H2,1-3H3,(H,21,24)(H,22,23,25). The third-order valence-electron chi connectivity index (χ3n) is 4.79. The Morgan fingerprint density at radius 2 is 2.26 bits per heavy atom. The van der Waals surface area contributed by atoms with Gasteiger partial charge in [-0.2, -0.15) is 0 Å². The Kier molecular flexibility index (Phi) is 5.78. The smallest absolute Gasteiger partial charge is 0.254 e. The third-order valence-corrected chi connectivity index (χ3v) is 4.79. The first-order chi connectivity index (χ1) is 13.0. The van der Waals surface area contributed by atoms with Crippen molar-refractivity contribution in [1.82, 2.24) is 15.3 Å². The summed E-state index contributed by atoms with van der Waals surface area (Å²) in [5.74, 6) is 2.24. The van der Waals surface area contributed by atoms with Crippen LogP contribution in [0.2, 0.25) is 0 Å². The van der Waals surface area contributed by atoms with Crippen molar-refractivity contribution in [2.24, 2.45) is 5.92 Å². The molecule has 7 heteroatoms. The van der Waals surface area contributed by atoms with E-state index in [0.29, 0.717) is 36.7 Å². The first kappa shape index (κ1) is 18.9. The highest BCUT2D eigenvalue weighted by molar-refractivity contribution is 5.78. The molecular weight excluding hydrogens is 346 g/mol. The van der Waals surface area contributed by atoms with Crippen molar-refractivity contribution in [3.63, 3.8) is 0 Å². The fourth-order valence-corrected chi connectivity index (χ4v) is 3.20. The van der Waals surface area contributed by atoms with Gasteiger partial charge in [-0.25, -0.2) is 4.98 Å². The molecule has 0 radical (unpaired) electrons. The lowest BCUT2D eigenvalue weighted by molar-refractivity contribution is -0.120. The highest BCUT2D eigenvalue weighted by Crippen LogP contribution is 2.30. The molecule has 144 valence electrons. The van der Waals surface area contributed by atoms with Gasteiger partial charge >= 0.3 is 0 Å². The van der Waals surface area contributed by atoms with E-state index in [1.165, 1.54) is 0 Å². The van der Waals surface area contributed by atoms with Crippen molar-refractivity contribution in [3.8, 4) is 11.5 Å². The van der Waals surface area contributed by atoms with Gasteiger partial charge in [0.1, 0.15) is 17.3 Å². The summed E-state index contributed by atoms with van der Waals surface area (Å²) in [6.07, 6.45) is 1.50. The molecule has 1 unspecified atom stereocenters. The minimum absolute atomic E-state index is 0.0273. The number of aryl methyl sites for hydroxylation is 2. The van der Waals surface area contributed by atoms with Crippen molar-refractivity contribution in [2.45, 2.75) is 33.1 Å². The van der Waals surface area contributed by atoms with Crippen LogP contribution in [0.5, 0.6) is 11.5 Å². The van der Waals surface area contributed by atoms with Gasteiger partial charge in [0.25, 0.3) is 5.56 Å². The molecule has 0 bridgehead atoms. The van der Waals surface area contributed by atoms with E-state index in [2.05, 4.69) is 15.3 Å². The fourth-order valence-electron chi connectivity index (χ4n) is 3.20. The maximum absolute atomic E-state index is 12.3. The number of rotatable bonds is 6. The molecule has 1 aromatic heterocycles. The van der Waals surface area contributed by atoms with Gasteiger partial charge in [-0.05, 0) is 25.0 Å². The van der Waals surface area contributed by atoms with E-state index in [0.717, 1.165) is 23.5 Å². The number of nitrogens with one attached hydrogen (secondary N) is 2. The summed E-state index contributed by atoms with van der Waals surface area (Å²) in [5.41, 5.74) is 1.89. The van der Waals surface area contributed by atoms with Gasteiger partial charge in [-0.3, -0.25) is 9.59 Å². The number of ether oxygens (including phenoxy) is 2. The van der Waals surface area contributed by atoms with Crippen LogP contribution in [0.1, 0.15) is 29.6 Å². The molecular formula is C20H25N3O4. The van der Waals surface area contributed by atoms with E-state index in [1.807, 2.05) is 25.1 Å². The van der Waals surface area contributed by atoms with Crippen molar-refractivity contribution < 1.29 is 14.3 Å². The van der Waals surface area contributed by atoms with Crippen LogP contribution in [0.3, 0.4) is 0 Å². The zero-order valence-electron chi connectivity index (χ0n) is 15.9. The number of fused-ring (bicyclic) bond motifs is 1. The van der Waals surface area contributed by atoms with Gasteiger partial charge in [-0.15, -0.1) is 0 Å². The van der Waals surface area contributed by atoms with Crippen LogP contribution in [-0.4, -0.2) is 36.1 Å². The summed E-state index contributed by atoms with van der Waals surface area (Å²) in [6.45, 7) is 4.72. The molecule has 2 heterocycles. The lowest BCUT2D eigenvalue weighted by Crippen LogP contribution is -2.36. The van der Waals surface area contributed by atoms with Gasteiger partial charge in [0.05, 0.1) is 20.1 Å². The van der Waals surface area contributed by atoms with Gasteiger partial charge in [-0.1, -0.05) is 13.0 Å². The molecule has 1 aliphatic heterocycles. The quantitative estimate of drug-likeness (QED) is 0.804. The van der Waals surface area contributed by atoms with Crippen LogP contribution < -0.4 is 20.3 Å². The predicted molar refractivity (Wildman–Crippen MR) is 101 cm³/mol. The minimum atomic E-state index is -0.238. The van der Waals surface area contributed by atoms with Crippen LogP contribution in [0, 0.1) is 12.8 Å². The molecule has 2 N–H and O–H groups in total. The van der Waals surface area contributed by atoms with E-state index in [9.17, 15) is 9.59 Å². The number of H-pyrrole nitrogens is 1. The molecule has 1 atom stereocenters. The summed E-state index contributed by atoms with van der Waals surface area (Å²) in [6, 6.07) is 5.78. The van der Waals surface area contributed by atoms with E-state index in [-0.39, 0.29) is 23.8 Å². The number of amides is 1. The Hall–Kier alpha value is -2.83. The number of aromatic nitrogens is 2. The molecule has 0 fully saturated rings. The first-order valence-electron chi connectivity index (χ1n) is 9.15. The highest BCUT2D eigenvalue weighted by Gasteiger charge is 2.21. The molecule has 0 saturated carbocycles. The van der Waals surface area contributed by atoms with Gasteiger partial charge in [0, 0.05) is 36.2 Å². The number of benzene rings is 1. The number of hydrogen-bond acceptors (Lipinski definition) is 5. The average Bonchev–Trinajstić information content (AvgIpc) is 2.68. The van der Waals surface area contributed by atoms with E-state index >= 15 is 0 Å².